The van der Waals surface area contributed by atoms with E-state index in [0.29, 0.717) is 20.9 Å². The second-order valence-corrected chi connectivity index (χ2v) is 8.91. The van der Waals surface area contributed by atoms with Crippen molar-refractivity contribution in [2.24, 2.45) is 5.10 Å². The number of nitrogens with one attached hydrogen (secondary N) is 2. The number of hydrogen-bond acceptors (Lipinski definition) is 5. The molecule has 3 aromatic carbocycles. The molecule has 0 saturated carbocycles. The molecule has 6 nitrogen and oxygen atoms in total. The van der Waals surface area contributed by atoms with Gasteiger partial charge in [0.05, 0.1) is 16.4 Å². The molecule has 0 fully saturated rings. The number of thioether (sulfide) groups is 1. The molecule has 170 valence electrons. The summed E-state index contributed by atoms with van der Waals surface area (Å²) in [5.74, 6) is -0.316. The minimum atomic E-state index is -0.381. The van der Waals surface area contributed by atoms with Crippen molar-refractivity contribution in [3.8, 4) is 5.75 Å². The Kier molecular flexibility index (Phi) is 9.29. The lowest BCUT2D eigenvalue weighted by molar-refractivity contribution is -0.119. The van der Waals surface area contributed by atoms with Gasteiger partial charge in [0.15, 0.2) is 6.61 Å². The van der Waals surface area contributed by atoms with Crippen molar-refractivity contribution in [3.63, 3.8) is 0 Å². The predicted octanol–water partition coefficient (Wildman–Crippen LogP) is 5.50. The summed E-state index contributed by atoms with van der Waals surface area (Å²) >= 11 is 10.6. The summed E-state index contributed by atoms with van der Waals surface area (Å²) in [5.41, 5.74) is 3.67. The number of halogens is 3. The lowest BCUT2D eigenvalue weighted by Gasteiger charge is -2.09. The Morgan fingerprint density at radius 2 is 1.79 bits per heavy atom. The third kappa shape index (κ3) is 8.53. The van der Waals surface area contributed by atoms with Crippen LogP contribution in [-0.4, -0.2) is 30.4 Å². The Morgan fingerprint density at radius 1 is 1.06 bits per heavy atom. The average molecular weight is 551 g/mol. The summed E-state index contributed by atoms with van der Waals surface area (Å²) in [7, 11) is 0. The van der Waals surface area contributed by atoms with Gasteiger partial charge in [0.1, 0.15) is 11.6 Å². The zero-order valence-electron chi connectivity index (χ0n) is 17.1. The Hall–Kier alpha value is -2.88. The van der Waals surface area contributed by atoms with Crippen LogP contribution in [0.15, 0.2) is 81.2 Å². The molecule has 0 radical (unpaired) electrons. The maximum absolute atomic E-state index is 12.9. The van der Waals surface area contributed by atoms with Gasteiger partial charge in [0.25, 0.3) is 5.91 Å². The number of anilines is 1. The predicted molar refractivity (Wildman–Crippen MR) is 133 cm³/mol. The highest BCUT2D eigenvalue weighted by Crippen LogP contribution is 2.25. The fourth-order valence-electron chi connectivity index (χ4n) is 2.48. The minimum absolute atomic E-state index is 0.218. The molecule has 0 aliphatic carbocycles. The summed E-state index contributed by atoms with van der Waals surface area (Å²) in [5, 5.41) is 7.21. The van der Waals surface area contributed by atoms with E-state index in [1.807, 2.05) is 12.1 Å². The lowest BCUT2D eigenvalue weighted by atomic mass is 10.2. The highest BCUT2D eigenvalue weighted by molar-refractivity contribution is 9.10. The molecule has 3 aromatic rings. The maximum Gasteiger partial charge on any atom is 0.262 e. The van der Waals surface area contributed by atoms with Crippen LogP contribution >= 0.6 is 39.3 Å². The molecule has 0 aliphatic rings. The molecule has 10 heteroatoms. The van der Waals surface area contributed by atoms with Crippen LogP contribution in [-0.2, 0) is 9.59 Å². The first-order valence-electron chi connectivity index (χ1n) is 9.57. The van der Waals surface area contributed by atoms with E-state index < -0.39 is 0 Å². The van der Waals surface area contributed by atoms with Crippen molar-refractivity contribution < 1.29 is 18.7 Å². The van der Waals surface area contributed by atoms with Gasteiger partial charge in [-0.1, -0.05) is 11.6 Å². The fraction of sp³-hybridized carbons (Fsp3) is 0.0870. The minimum Gasteiger partial charge on any atom is -0.483 e. The van der Waals surface area contributed by atoms with Gasteiger partial charge in [-0.3, -0.25) is 9.59 Å². The lowest BCUT2D eigenvalue weighted by Crippen LogP contribution is -2.20. The normalized spacial score (nSPS) is 10.8. The smallest absolute Gasteiger partial charge is 0.262 e. The SMILES string of the molecule is O=C(CSc1ccc(Cl)cc1)N/N=C\c1ccc(OCC(=O)Nc2ccc(F)cc2)c(Br)c1. The number of hydrazone groups is 1. The highest BCUT2D eigenvalue weighted by Gasteiger charge is 2.07. The number of carbonyl (C=O) groups is 2. The summed E-state index contributed by atoms with van der Waals surface area (Å²) in [6, 6.07) is 17.8. The number of carbonyl (C=O) groups excluding carboxylic acids is 2. The van der Waals surface area contributed by atoms with E-state index in [0.717, 1.165) is 10.5 Å². The number of nitrogens with zero attached hydrogens (tertiary/aromatic N) is 1. The molecule has 33 heavy (non-hydrogen) atoms. The van der Waals surface area contributed by atoms with Gasteiger partial charge in [-0.2, -0.15) is 5.10 Å². The van der Waals surface area contributed by atoms with E-state index in [-0.39, 0.29) is 30.0 Å². The Balaban J connectivity index is 1.43. The van der Waals surface area contributed by atoms with E-state index >= 15 is 0 Å². The van der Waals surface area contributed by atoms with Crippen LogP contribution in [0, 0.1) is 5.82 Å². The molecule has 0 saturated heterocycles. The highest BCUT2D eigenvalue weighted by atomic mass is 79.9. The van der Waals surface area contributed by atoms with E-state index in [1.165, 1.54) is 42.2 Å². The van der Waals surface area contributed by atoms with Gasteiger partial charge in [-0.25, -0.2) is 9.82 Å². The van der Waals surface area contributed by atoms with Crippen molar-refractivity contribution in [2.75, 3.05) is 17.7 Å². The van der Waals surface area contributed by atoms with Crippen molar-refractivity contribution >= 4 is 63.0 Å². The molecule has 2 amide bonds. The van der Waals surface area contributed by atoms with Gasteiger partial charge in [-0.05, 0) is 88.2 Å². The zero-order valence-corrected chi connectivity index (χ0v) is 20.2. The van der Waals surface area contributed by atoms with Crippen LogP contribution in [0.4, 0.5) is 10.1 Å². The molecule has 0 heterocycles. The van der Waals surface area contributed by atoms with Crippen molar-refractivity contribution in [1.29, 1.82) is 0 Å². The molecule has 3 rings (SSSR count). The van der Waals surface area contributed by atoms with Crippen LogP contribution in [0.25, 0.3) is 0 Å². The van der Waals surface area contributed by atoms with Gasteiger partial charge < -0.3 is 10.1 Å². The second kappa shape index (κ2) is 12.4. The molecule has 0 aromatic heterocycles. The molecule has 0 bridgehead atoms. The first-order chi connectivity index (χ1) is 15.9. The number of hydrogen-bond donors (Lipinski definition) is 2. The monoisotopic (exact) mass is 549 g/mol. The van der Waals surface area contributed by atoms with Crippen LogP contribution in [0.5, 0.6) is 5.75 Å². The number of benzene rings is 3. The van der Waals surface area contributed by atoms with Gasteiger partial charge in [0, 0.05) is 15.6 Å². The van der Waals surface area contributed by atoms with E-state index in [1.54, 1.807) is 30.3 Å². The fourth-order valence-corrected chi connectivity index (χ4v) is 3.81. The van der Waals surface area contributed by atoms with Crippen molar-refractivity contribution in [2.45, 2.75) is 4.90 Å². The van der Waals surface area contributed by atoms with E-state index in [4.69, 9.17) is 16.3 Å². The van der Waals surface area contributed by atoms with Crippen LogP contribution in [0.2, 0.25) is 5.02 Å². The van der Waals surface area contributed by atoms with Crippen molar-refractivity contribution in [1.82, 2.24) is 5.43 Å². The molecular formula is C23H18BrClFN3O3S. The largest absolute Gasteiger partial charge is 0.483 e. The van der Waals surface area contributed by atoms with Crippen molar-refractivity contribution in [3.05, 3.63) is 87.6 Å². The Labute approximate surface area is 207 Å². The Bertz CT molecular complexity index is 1140. The zero-order chi connectivity index (χ0) is 23.6. The number of ether oxygens (including phenoxy) is 1. The maximum atomic E-state index is 12.9. The third-order valence-corrected chi connectivity index (χ3v) is 5.91. The van der Waals surface area contributed by atoms with Gasteiger partial charge >= 0.3 is 0 Å². The summed E-state index contributed by atoms with van der Waals surface area (Å²) in [6.07, 6.45) is 1.50. The molecule has 2 N–H and O–H groups in total. The average Bonchev–Trinajstić information content (AvgIpc) is 2.80. The second-order valence-electron chi connectivity index (χ2n) is 6.57. The quantitative estimate of drug-likeness (QED) is 0.209. The first-order valence-corrected chi connectivity index (χ1v) is 11.7. The first kappa shape index (κ1) is 24.8. The molecular weight excluding hydrogens is 533 g/mol. The van der Waals surface area contributed by atoms with Gasteiger partial charge in [-0.15, -0.1) is 11.8 Å². The standard InChI is InChI=1S/C23H18BrClFN3O3S/c24-20-11-15(12-27-29-23(31)14-33-19-8-2-16(25)3-9-19)1-10-21(20)32-13-22(30)28-18-6-4-17(26)5-7-18/h1-12H,13-14H2,(H,28,30)(H,29,31)/b27-12-. The van der Waals surface area contributed by atoms with Crippen LogP contribution in [0.3, 0.4) is 0 Å². The summed E-state index contributed by atoms with van der Waals surface area (Å²) in [6.45, 7) is -0.218. The topological polar surface area (TPSA) is 79.8 Å². The number of amides is 2. The Morgan fingerprint density at radius 3 is 2.48 bits per heavy atom. The molecule has 0 aliphatic heterocycles. The van der Waals surface area contributed by atoms with Gasteiger partial charge in [0.2, 0.25) is 5.91 Å². The third-order valence-electron chi connectivity index (χ3n) is 4.03. The molecule has 0 unspecified atom stereocenters. The van der Waals surface area contributed by atoms with Crippen LogP contribution in [0.1, 0.15) is 5.56 Å². The van der Waals surface area contributed by atoms with E-state index in [2.05, 4.69) is 31.8 Å². The summed E-state index contributed by atoms with van der Waals surface area (Å²) < 4.78 is 19.1. The van der Waals surface area contributed by atoms with Crippen LogP contribution < -0.4 is 15.5 Å². The van der Waals surface area contributed by atoms with E-state index in [9.17, 15) is 14.0 Å². The molecule has 0 spiro atoms. The number of rotatable bonds is 9. The summed E-state index contributed by atoms with van der Waals surface area (Å²) in [4.78, 5) is 24.9. The molecule has 0 atom stereocenters.